The van der Waals surface area contributed by atoms with E-state index in [4.69, 9.17) is 5.73 Å². The standard InChI is InChI=1S/C15H29N3O/c1-13-3-10-18(11-4-13)15(19)12-17-8-5-14(2-7-16)6-9-17/h13-14H,2-12,16H2,1H3. The van der Waals surface area contributed by atoms with Gasteiger partial charge in [-0.15, -0.1) is 0 Å². The van der Waals surface area contributed by atoms with Crippen molar-refractivity contribution in [2.45, 2.75) is 39.0 Å². The SMILES string of the molecule is CC1CCN(C(=O)CN2CCC(CCN)CC2)CC1. The number of nitrogens with zero attached hydrogens (tertiary/aromatic N) is 2. The zero-order chi connectivity index (χ0) is 13.7. The summed E-state index contributed by atoms with van der Waals surface area (Å²) in [6, 6.07) is 0. The molecule has 2 saturated heterocycles. The minimum Gasteiger partial charge on any atom is -0.342 e. The van der Waals surface area contributed by atoms with Crippen molar-refractivity contribution in [3.05, 3.63) is 0 Å². The second-order valence-electron chi connectivity index (χ2n) is 6.36. The van der Waals surface area contributed by atoms with E-state index in [2.05, 4.69) is 16.7 Å². The molecule has 4 nitrogen and oxygen atoms in total. The maximum Gasteiger partial charge on any atom is 0.236 e. The lowest BCUT2D eigenvalue weighted by Crippen LogP contribution is -2.46. The van der Waals surface area contributed by atoms with E-state index in [0.29, 0.717) is 12.5 Å². The monoisotopic (exact) mass is 267 g/mol. The van der Waals surface area contributed by atoms with Gasteiger partial charge >= 0.3 is 0 Å². The number of amides is 1. The Balaban J connectivity index is 1.69. The Labute approximate surface area is 117 Å². The van der Waals surface area contributed by atoms with Gasteiger partial charge in [-0.1, -0.05) is 6.92 Å². The van der Waals surface area contributed by atoms with Gasteiger partial charge in [0.15, 0.2) is 0 Å². The number of piperidine rings is 2. The molecule has 0 spiro atoms. The number of carbonyl (C=O) groups excluding carboxylic acids is 1. The van der Waals surface area contributed by atoms with Gasteiger partial charge in [-0.2, -0.15) is 0 Å². The van der Waals surface area contributed by atoms with Crippen LogP contribution in [0.2, 0.25) is 0 Å². The van der Waals surface area contributed by atoms with Crippen LogP contribution < -0.4 is 5.73 Å². The van der Waals surface area contributed by atoms with Crippen LogP contribution >= 0.6 is 0 Å². The number of rotatable bonds is 4. The molecule has 1 amide bonds. The molecule has 0 aromatic carbocycles. The van der Waals surface area contributed by atoms with Crippen LogP contribution in [0.25, 0.3) is 0 Å². The lowest BCUT2D eigenvalue weighted by molar-refractivity contribution is -0.134. The summed E-state index contributed by atoms with van der Waals surface area (Å²) in [5.41, 5.74) is 5.61. The van der Waals surface area contributed by atoms with Gasteiger partial charge in [-0.05, 0) is 63.6 Å². The lowest BCUT2D eigenvalue weighted by atomic mass is 9.93. The summed E-state index contributed by atoms with van der Waals surface area (Å²) < 4.78 is 0. The van der Waals surface area contributed by atoms with Gasteiger partial charge in [0.25, 0.3) is 0 Å². The average molecular weight is 267 g/mol. The van der Waals surface area contributed by atoms with Crippen LogP contribution in [0.3, 0.4) is 0 Å². The molecular formula is C15H29N3O. The van der Waals surface area contributed by atoms with E-state index in [1.54, 1.807) is 0 Å². The normalized spacial score (nSPS) is 23.8. The molecule has 2 N–H and O–H groups in total. The Morgan fingerprint density at radius 1 is 1.11 bits per heavy atom. The van der Waals surface area contributed by atoms with Crippen LogP contribution in [0.4, 0.5) is 0 Å². The van der Waals surface area contributed by atoms with Crippen LogP contribution in [-0.4, -0.2) is 55.0 Å². The van der Waals surface area contributed by atoms with E-state index in [-0.39, 0.29) is 0 Å². The van der Waals surface area contributed by atoms with Crippen LogP contribution in [0.5, 0.6) is 0 Å². The average Bonchev–Trinajstić information content (AvgIpc) is 2.42. The highest BCUT2D eigenvalue weighted by Crippen LogP contribution is 2.20. The minimum absolute atomic E-state index is 0.337. The first-order chi connectivity index (χ1) is 9.19. The molecule has 4 heteroatoms. The molecule has 0 aromatic heterocycles. The van der Waals surface area contributed by atoms with Crippen LogP contribution in [-0.2, 0) is 4.79 Å². The van der Waals surface area contributed by atoms with Crippen molar-refractivity contribution in [3.63, 3.8) is 0 Å². The number of hydrogen-bond donors (Lipinski definition) is 1. The molecule has 0 unspecified atom stereocenters. The molecule has 2 aliphatic heterocycles. The molecule has 0 saturated carbocycles. The zero-order valence-corrected chi connectivity index (χ0v) is 12.3. The van der Waals surface area contributed by atoms with E-state index in [1.165, 1.54) is 25.7 Å². The summed E-state index contributed by atoms with van der Waals surface area (Å²) in [7, 11) is 0. The van der Waals surface area contributed by atoms with E-state index in [1.807, 2.05) is 0 Å². The largest absolute Gasteiger partial charge is 0.342 e. The third-order valence-electron chi connectivity index (χ3n) is 4.78. The van der Waals surface area contributed by atoms with Gasteiger partial charge in [0.1, 0.15) is 0 Å². The number of nitrogens with two attached hydrogens (primary N) is 1. The molecule has 0 radical (unpaired) electrons. The molecule has 2 heterocycles. The van der Waals surface area contributed by atoms with Crippen LogP contribution in [0.1, 0.15) is 39.0 Å². The maximum atomic E-state index is 12.2. The minimum atomic E-state index is 0.337. The third kappa shape index (κ3) is 4.46. The second kappa shape index (κ2) is 7.25. The summed E-state index contributed by atoms with van der Waals surface area (Å²) in [6.07, 6.45) is 5.91. The highest BCUT2D eigenvalue weighted by Gasteiger charge is 2.24. The first-order valence-electron chi connectivity index (χ1n) is 7.89. The molecule has 0 aromatic rings. The second-order valence-corrected chi connectivity index (χ2v) is 6.36. The van der Waals surface area contributed by atoms with Crippen LogP contribution in [0, 0.1) is 11.8 Å². The predicted molar refractivity (Wildman–Crippen MR) is 77.8 cm³/mol. The number of carbonyl (C=O) groups is 1. The molecule has 19 heavy (non-hydrogen) atoms. The fraction of sp³-hybridized carbons (Fsp3) is 0.933. The Bertz CT molecular complexity index is 279. The first-order valence-corrected chi connectivity index (χ1v) is 7.89. The topological polar surface area (TPSA) is 49.6 Å². The van der Waals surface area contributed by atoms with Crippen molar-refractivity contribution >= 4 is 5.91 Å². The summed E-state index contributed by atoms with van der Waals surface area (Å²) >= 11 is 0. The van der Waals surface area contributed by atoms with E-state index in [0.717, 1.165) is 51.0 Å². The Kier molecular flexibility index (Phi) is 5.64. The zero-order valence-electron chi connectivity index (χ0n) is 12.3. The van der Waals surface area contributed by atoms with Crippen LogP contribution in [0.15, 0.2) is 0 Å². The van der Waals surface area contributed by atoms with E-state index in [9.17, 15) is 4.79 Å². The molecule has 0 aliphatic carbocycles. The number of hydrogen-bond acceptors (Lipinski definition) is 3. The Morgan fingerprint density at radius 2 is 1.74 bits per heavy atom. The van der Waals surface area contributed by atoms with E-state index >= 15 is 0 Å². The van der Waals surface area contributed by atoms with Gasteiger partial charge < -0.3 is 10.6 Å². The van der Waals surface area contributed by atoms with Gasteiger partial charge in [0.2, 0.25) is 5.91 Å². The third-order valence-corrected chi connectivity index (χ3v) is 4.78. The van der Waals surface area contributed by atoms with Crippen molar-refractivity contribution in [3.8, 4) is 0 Å². The molecule has 0 bridgehead atoms. The molecule has 110 valence electrons. The lowest BCUT2D eigenvalue weighted by Gasteiger charge is -2.35. The summed E-state index contributed by atoms with van der Waals surface area (Å²) in [4.78, 5) is 16.6. The molecule has 2 rings (SSSR count). The summed E-state index contributed by atoms with van der Waals surface area (Å²) in [5, 5.41) is 0. The summed E-state index contributed by atoms with van der Waals surface area (Å²) in [6.45, 7) is 7.78. The Hall–Kier alpha value is -0.610. The van der Waals surface area contributed by atoms with E-state index < -0.39 is 0 Å². The van der Waals surface area contributed by atoms with Crippen molar-refractivity contribution < 1.29 is 4.79 Å². The molecule has 2 aliphatic rings. The molecule has 0 atom stereocenters. The Morgan fingerprint density at radius 3 is 2.32 bits per heavy atom. The van der Waals surface area contributed by atoms with Crippen molar-refractivity contribution in [2.75, 3.05) is 39.3 Å². The quantitative estimate of drug-likeness (QED) is 0.835. The van der Waals surface area contributed by atoms with Gasteiger partial charge in [-0.25, -0.2) is 0 Å². The summed E-state index contributed by atoms with van der Waals surface area (Å²) in [5.74, 6) is 1.91. The fourth-order valence-electron chi connectivity index (χ4n) is 3.22. The highest BCUT2D eigenvalue weighted by atomic mass is 16.2. The predicted octanol–water partition coefficient (Wildman–Crippen LogP) is 1.31. The van der Waals surface area contributed by atoms with Gasteiger partial charge in [0.05, 0.1) is 6.54 Å². The van der Waals surface area contributed by atoms with Crippen molar-refractivity contribution in [1.29, 1.82) is 0 Å². The molecular weight excluding hydrogens is 238 g/mol. The van der Waals surface area contributed by atoms with Crippen molar-refractivity contribution in [2.24, 2.45) is 17.6 Å². The smallest absolute Gasteiger partial charge is 0.236 e. The van der Waals surface area contributed by atoms with Gasteiger partial charge in [-0.3, -0.25) is 9.69 Å². The van der Waals surface area contributed by atoms with Crippen molar-refractivity contribution in [1.82, 2.24) is 9.80 Å². The first kappa shape index (κ1) is 14.8. The fourth-order valence-corrected chi connectivity index (χ4v) is 3.22. The molecule has 2 fully saturated rings. The maximum absolute atomic E-state index is 12.2. The van der Waals surface area contributed by atoms with Gasteiger partial charge in [0, 0.05) is 13.1 Å². The highest BCUT2D eigenvalue weighted by molar-refractivity contribution is 5.78. The number of likely N-dealkylation sites (tertiary alicyclic amines) is 2.